The first-order chi connectivity index (χ1) is 7.22. The summed E-state index contributed by atoms with van der Waals surface area (Å²) < 4.78 is 5.14. The number of hydrogen-bond acceptors (Lipinski definition) is 3. The molecule has 0 aromatic carbocycles. The molecule has 2 atom stereocenters. The molecule has 0 aliphatic rings. The normalized spacial score (nSPS) is 15.7. The van der Waals surface area contributed by atoms with Crippen LogP contribution in [0.25, 0.3) is 0 Å². The number of aliphatic hydroxyl groups is 1. The van der Waals surface area contributed by atoms with Gasteiger partial charge in [-0.05, 0) is 19.8 Å². The predicted octanol–water partition coefficient (Wildman–Crippen LogP) is 1.85. The second-order valence-electron chi connectivity index (χ2n) is 3.74. The molecule has 0 aromatic rings. The first kappa shape index (κ1) is 14.6. The standard InChI is InChI=1S/C12H25NO2/c1-3-5-6-7-8-9-12(14)11(13)10-15-4-2/h8-9,11-12,14H,3-7,10,13H2,1-2H3/b9-8+/t11-,12+/m0/s1. The molecule has 0 amide bonds. The van der Waals surface area contributed by atoms with Gasteiger partial charge in [-0.2, -0.15) is 0 Å². The van der Waals surface area contributed by atoms with Crippen LogP contribution >= 0.6 is 0 Å². The van der Waals surface area contributed by atoms with Gasteiger partial charge in [0.2, 0.25) is 0 Å². The van der Waals surface area contributed by atoms with Crippen LogP contribution in [-0.2, 0) is 4.74 Å². The zero-order valence-electron chi connectivity index (χ0n) is 9.98. The summed E-state index contributed by atoms with van der Waals surface area (Å²) in [5.74, 6) is 0. The molecule has 3 heteroatoms. The summed E-state index contributed by atoms with van der Waals surface area (Å²) in [4.78, 5) is 0. The van der Waals surface area contributed by atoms with Gasteiger partial charge in [0.05, 0.1) is 18.8 Å². The monoisotopic (exact) mass is 215 g/mol. The Balaban J connectivity index is 3.56. The van der Waals surface area contributed by atoms with Crippen LogP contribution in [0.1, 0.15) is 39.5 Å². The third-order valence-electron chi connectivity index (χ3n) is 2.26. The molecular weight excluding hydrogens is 190 g/mol. The van der Waals surface area contributed by atoms with E-state index in [0.29, 0.717) is 13.2 Å². The van der Waals surface area contributed by atoms with Crippen LogP contribution in [0.5, 0.6) is 0 Å². The summed E-state index contributed by atoms with van der Waals surface area (Å²) in [5, 5.41) is 9.61. The van der Waals surface area contributed by atoms with Crippen LogP contribution in [0.15, 0.2) is 12.2 Å². The minimum atomic E-state index is -0.585. The minimum absolute atomic E-state index is 0.313. The Labute approximate surface area is 93.3 Å². The lowest BCUT2D eigenvalue weighted by Gasteiger charge is -2.14. The second kappa shape index (κ2) is 10.1. The molecule has 0 rings (SSSR count). The van der Waals surface area contributed by atoms with Crippen molar-refractivity contribution < 1.29 is 9.84 Å². The molecule has 0 unspecified atom stereocenters. The maximum Gasteiger partial charge on any atom is 0.0894 e. The zero-order valence-corrected chi connectivity index (χ0v) is 9.98. The van der Waals surface area contributed by atoms with Gasteiger partial charge >= 0.3 is 0 Å². The summed E-state index contributed by atoms with van der Waals surface area (Å²) in [5.41, 5.74) is 5.72. The average Bonchev–Trinajstić information content (AvgIpc) is 2.25. The Hall–Kier alpha value is -0.380. The number of aliphatic hydroxyl groups excluding tert-OH is 1. The highest BCUT2D eigenvalue weighted by Gasteiger charge is 2.10. The van der Waals surface area contributed by atoms with Crippen molar-refractivity contribution in [2.75, 3.05) is 13.2 Å². The lowest BCUT2D eigenvalue weighted by molar-refractivity contribution is 0.0880. The van der Waals surface area contributed by atoms with Crippen LogP contribution < -0.4 is 5.73 Å². The van der Waals surface area contributed by atoms with Crippen LogP contribution in [0, 0.1) is 0 Å². The fraction of sp³-hybridized carbons (Fsp3) is 0.833. The van der Waals surface area contributed by atoms with E-state index in [0.717, 1.165) is 6.42 Å². The lowest BCUT2D eigenvalue weighted by atomic mass is 10.1. The van der Waals surface area contributed by atoms with Gasteiger partial charge in [0.15, 0.2) is 0 Å². The Morgan fingerprint density at radius 3 is 2.67 bits per heavy atom. The number of unbranched alkanes of at least 4 members (excludes halogenated alkanes) is 3. The Kier molecular flexibility index (Phi) is 9.89. The lowest BCUT2D eigenvalue weighted by Crippen LogP contribution is -2.37. The van der Waals surface area contributed by atoms with Gasteiger partial charge in [-0.1, -0.05) is 31.9 Å². The first-order valence-corrected chi connectivity index (χ1v) is 5.90. The second-order valence-corrected chi connectivity index (χ2v) is 3.74. The van der Waals surface area contributed by atoms with Gasteiger partial charge in [0.1, 0.15) is 0 Å². The molecule has 0 aromatic heterocycles. The van der Waals surface area contributed by atoms with E-state index in [2.05, 4.69) is 6.92 Å². The van der Waals surface area contributed by atoms with Gasteiger partial charge in [0, 0.05) is 6.61 Å². The molecule has 0 aliphatic carbocycles. The van der Waals surface area contributed by atoms with E-state index in [-0.39, 0.29) is 6.04 Å². The summed E-state index contributed by atoms with van der Waals surface area (Å²) in [6.07, 6.45) is 7.86. The van der Waals surface area contributed by atoms with Crippen molar-refractivity contribution in [1.29, 1.82) is 0 Å². The number of nitrogens with two attached hydrogens (primary N) is 1. The quantitative estimate of drug-likeness (QED) is 0.456. The molecule has 0 radical (unpaired) electrons. The highest BCUT2D eigenvalue weighted by Crippen LogP contribution is 2.01. The fourth-order valence-electron chi connectivity index (χ4n) is 1.24. The Morgan fingerprint density at radius 2 is 2.07 bits per heavy atom. The molecule has 0 saturated carbocycles. The van der Waals surface area contributed by atoms with Crippen molar-refractivity contribution in [2.45, 2.75) is 51.7 Å². The molecule has 0 bridgehead atoms. The number of rotatable bonds is 9. The highest BCUT2D eigenvalue weighted by atomic mass is 16.5. The molecule has 3 nitrogen and oxygen atoms in total. The van der Waals surface area contributed by atoms with Gasteiger partial charge in [-0.3, -0.25) is 0 Å². The third kappa shape index (κ3) is 8.60. The van der Waals surface area contributed by atoms with Crippen molar-refractivity contribution in [2.24, 2.45) is 5.73 Å². The van der Waals surface area contributed by atoms with Crippen molar-refractivity contribution in [3.05, 3.63) is 12.2 Å². The molecule has 0 aliphatic heterocycles. The summed E-state index contributed by atoms with van der Waals surface area (Å²) >= 11 is 0. The van der Waals surface area contributed by atoms with Crippen LogP contribution in [0.4, 0.5) is 0 Å². The molecule has 3 N–H and O–H groups in total. The van der Waals surface area contributed by atoms with E-state index in [1.807, 2.05) is 13.0 Å². The maximum absolute atomic E-state index is 9.61. The smallest absolute Gasteiger partial charge is 0.0894 e. The maximum atomic E-state index is 9.61. The van der Waals surface area contributed by atoms with E-state index in [1.54, 1.807) is 6.08 Å². The third-order valence-corrected chi connectivity index (χ3v) is 2.26. The SMILES string of the molecule is CCCCC/C=C/[C@@H](O)[C@@H](N)COCC. The largest absolute Gasteiger partial charge is 0.387 e. The zero-order chi connectivity index (χ0) is 11.5. The fourth-order valence-corrected chi connectivity index (χ4v) is 1.24. The van der Waals surface area contributed by atoms with E-state index in [4.69, 9.17) is 10.5 Å². The van der Waals surface area contributed by atoms with E-state index in [9.17, 15) is 5.11 Å². The van der Waals surface area contributed by atoms with Crippen molar-refractivity contribution >= 4 is 0 Å². The molecule has 15 heavy (non-hydrogen) atoms. The van der Waals surface area contributed by atoms with Gasteiger partial charge in [0.25, 0.3) is 0 Å². The minimum Gasteiger partial charge on any atom is -0.387 e. The molecular formula is C12H25NO2. The van der Waals surface area contributed by atoms with Crippen molar-refractivity contribution in [3.63, 3.8) is 0 Å². The number of hydrogen-bond donors (Lipinski definition) is 2. The predicted molar refractivity (Wildman–Crippen MR) is 63.8 cm³/mol. The van der Waals surface area contributed by atoms with Gasteiger partial charge in [-0.25, -0.2) is 0 Å². The first-order valence-electron chi connectivity index (χ1n) is 5.90. The van der Waals surface area contributed by atoms with E-state index < -0.39 is 6.10 Å². The topological polar surface area (TPSA) is 55.5 Å². The highest BCUT2D eigenvalue weighted by molar-refractivity contribution is 4.93. The van der Waals surface area contributed by atoms with Crippen LogP contribution in [0.3, 0.4) is 0 Å². The summed E-state index contributed by atoms with van der Waals surface area (Å²) in [6, 6.07) is -0.313. The number of ether oxygens (including phenoxy) is 1. The number of allylic oxidation sites excluding steroid dienone is 1. The van der Waals surface area contributed by atoms with Gasteiger partial charge < -0.3 is 15.6 Å². The van der Waals surface area contributed by atoms with E-state index >= 15 is 0 Å². The molecule has 0 saturated heterocycles. The van der Waals surface area contributed by atoms with Crippen molar-refractivity contribution in [3.8, 4) is 0 Å². The Morgan fingerprint density at radius 1 is 1.33 bits per heavy atom. The van der Waals surface area contributed by atoms with Crippen LogP contribution in [0.2, 0.25) is 0 Å². The molecule has 90 valence electrons. The van der Waals surface area contributed by atoms with Crippen LogP contribution in [-0.4, -0.2) is 30.5 Å². The van der Waals surface area contributed by atoms with Crippen molar-refractivity contribution in [1.82, 2.24) is 0 Å². The summed E-state index contributed by atoms with van der Waals surface area (Å²) in [6.45, 7) is 5.15. The summed E-state index contributed by atoms with van der Waals surface area (Å²) in [7, 11) is 0. The molecule has 0 heterocycles. The van der Waals surface area contributed by atoms with Gasteiger partial charge in [-0.15, -0.1) is 0 Å². The molecule has 0 spiro atoms. The molecule has 0 fully saturated rings. The van der Waals surface area contributed by atoms with E-state index in [1.165, 1.54) is 19.3 Å². The average molecular weight is 215 g/mol. The Bertz CT molecular complexity index is 160.